The number of thioether (sulfide) groups is 1. The van der Waals surface area contributed by atoms with Gasteiger partial charge in [0.2, 0.25) is 5.91 Å². The second-order valence-electron chi connectivity index (χ2n) is 4.71. The Morgan fingerprint density at radius 3 is 2.81 bits per heavy atom. The molecule has 0 aliphatic carbocycles. The molecule has 0 saturated carbocycles. The maximum Gasteiger partial charge on any atom is 0.270 e. The molecule has 2 N–H and O–H groups in total. The van der Waals surface area contributed by atoms with E-state index < -0.39 is 5.25 Å². The first kappa shape index (κ1) is 15.2. The van der Waals surface area contributed by atoms with Gasteiger partial charge in [-0.15, -0.1) is 5.10 Å². The summed E-state index contributed by atoms with van der Waals surface area (Å²) >= 11 is 1.15. The fraction of sp³-hybridized carbons (Fsp3) is 0.286. The van der Waals surface area contributed by atoms with Crippen LogP contribution in [0, 0.1) is 13.8 Å². The molecule has 1 amide bonds. The molecule has 0 aliphatic rings. The van der Waals surface area contributed by atoms with E-state index in [0.717, 1.165) is 34.8 Å². The number of benzene rings is 1. The number of carbonyl (C=O) groups is 1. The molecular weight excluding hydrogens is 288 g/mol. The number of anilines is 1. The first-order valence-electron chi connectivity index (χ1n) is 6.42. The topological polar surface area (TPSA) is 87.7 Å². The molecule has 0 radical (unpaired) electrons. The van der Waals surface area contributed by atoms with E-state index in [0.29, 0.717) is 5.16 Å². The number of aromatic nitrogens is 3. The SMILES string of the molecule is Cc1ccc(NC(=O)[C@@H](C)Sc2nncc(=O)[nH]2)c(C)c1. The summed E-state index contributed by atoms with van der Waals surface area (Å²) < 4.78 is 0. The monoisotopic (exact) mass is 304 g/mol. The highest BCUT2D eigenvalue weighted by Gasteiger charge is 2.16. The zero-order valence-corrected chi connectivity index (χ0v) is 12.8. The van der Waals surface area contributed by atoms with Crippen LogP contribution in [-0.2, 0) is 4.79 Å². The zero-order chi connectivity index (χ0) is 15.4. The summed E-state index contributed by atoms with van der Waals surface area (Å²) in [6, 6.07) is 5.83. The van der Waals surface area contributed by atoms with Crippen molar-refractivity contribution in [2.24, 2.45) is 0 Å². The van der Waals surface area contributed by atoms with Gasteiger partial charge in [-0.2, -0.15) is 5.10 Å². The predicted octanol–water partition coefficient (Wildman–Crippen LogP) is 1.90. The minimum atomic E-state index is -0.405. The largest absolute Gasteiger partial charge is 0.325 e. The van der Waals surface area contributed by atoms with E-state index in [1.54, 1.807) is 6.92 Å². The van der Waals surface area contributed by atoms with Crippen LogP contribution in [0.4, 0.5) is 5.69 Å². The Balaban J connectivity index is 2.04. The van der Waals surface area contributed by atoms with Gasteiger partial charge in [-0.05, 0) is 32.4 Å². The van der Waals surface area contributed by atoms with Crippen molar-refractivity contribution in [1.82, 2.24) is 15.2 Å². The lowest BCUT2D eigenvalue weighted by Gasteiger charge is -2.13. The van der Waals surface area contributed by atoms with Crippen LogP contribution >= 0.6 is 11.8 Å². The highest BCUT2D eigenvalue weighted by molar-refractivity contribution is 8.00. The fourth-order valence-corrected chi connectivity index (χ4v) is 2.51. The minimum Gasteiger partial charge on any atom is -0.325 e. The molecule has 7 heteroatoms. The van der Waals surface area contributed by atoms with Crippen LogP contribution in [0.3, 0.4) is 0 Å². The Morgan fingerprint density at radius 2 is 2.14 bits per heavy atom. The molecule has 21 heavy (non-hydrogen) atoms. The molecule has 2 rings (SSSR count). The summed E-state index contributed by atoms with van der Waals surface area (Å²) in [5, 5.41) is 10.1. The molecule has 0 unspecified atom stereocenters. The zero-order valence-electron chi connectivity index (χ0n) is 12.0. The summed E-state index contributed by atoms with van der Waals surface area (Å²) in [6.45, 7) is 5.69. The third kappa shape index (κ3) is 4.16. The predicted molar refractivity (Wildman–Crippen MR) is 82.5 cm³/mol. The Bertz CT molecular complexity index is 714. The molecular formula is C14H16N4O2S. The third-order valence-corrected chi connectivity index (χ3v) is 3.83. The number of hydrogen-bond donors (Lipinski definition) is 2. The van der Waals surface area contributed by atoms with Crippen molar-refractivity contribution in [2.75, 3.05) is 5.32 Å². The highest BCUT2D eigenvalue weighted by Crippen LogP contribution is 2.21. The van der Waals surface area contributed by atoms with Crippen LogP contribution in [0.1, 0.15) is 18.1 Å². The maximum absolute atomic E-state index is 12.2. The molecule has 0 aliphatic heterocycles. The van der Waals surface area contributed by atoms with Crippen molar-refractivity contribution < 1.29 is 4.79 Å². The fourth-order valence-electron chi connectivity index (χ4n) is 1.76. The Morgan fingerprint density at radius 1 is 1.38 bits per heavy atom. The van der Waals surface area contributed by atoms with Gasteiger partial charge in [0.05, 0.1) is 5.25 Å². The Hall–Kier alpha value is -2.15. The first-order valence-corrected chi connectivity index (χ1v) is 7.30. The van der Waals surface area contributed by atoms with Crippen LogP contribution in [0.2, 0.25) is 0 Å². The summed E-state index contributed by atoms with van der Waals surface area (Å²) in [5.41, 5.74) is 2.60. The molecule has 1 atom stereocenters. The molecule has 0 fully saturated rings. The molecule has 1 heterocycles. The molecule has 0 spiro atoms. The van der Waals surface area contributed by atoms with Crippen molar-refractivity contribution >= 4 is 23.4 Å². The van der Waals surface area contributed by atoms with E-state index in [9.17, 15) is 9.59 Å². The average molecular weight is 304 g/mol. The smallest absolute Gasteiger partial charge is 0.270 e. The Labute approximate surface area is 126 Å². The number of H-pyrrole nitrogens is 1. The lowest BCUT2D eigenvalue weighted by Crippen LogP contribution is -2.23. The van der Waals surface area contributed by atoms with Gasteiger partial charge in [0, 0.05) is 5.69 Å². The van der Waals surface area contributed by atoms with Crippen molar-refractivity contribution in [3.63, 3.8) is 0 Å². The average Bonchev–Trinajstić information content (AvgIpc) is 2.41. The number of aromatic amines is 1. The number of rotatable bonds is 4. The van der Waals surface area contributed by atoms with Crippen LogP contribution in [0.15, 0.2) is 34.3 Å². The van der Waals surface area contributed by atoms with E-state index in [2.05, 4.69) is 20.5 Å². The number of amides is 1. The van der Waals surface area contributed by atoms with Gasteiger partial charge in [-0.3, -0.25) is 14.6 Å². The quantitative estimate of drug-likeness (QED) is 0.842. The van der Waals surface area contributed by atoms with Crippen molar-refractivity contribution in [2.45, 2.75) is 31.2 Å². The van der Waals surface area contributed by atoms with Gasteiger partial charge in [-0.25, -0.2) is 0 Å². The van der Waals surface area contributed by atoms with Crippen molar-refractivity contribution in [1.29, 1.82) is 0 Å². The van der Waals surface area contributed by atoms with Gasteiger partial charge in [-0.1, -0.05) is 29.5 Å². The van der Waals surface area contributed by atoms with Crippen molar-refractivity contribution in [3.05, 3.63) is 45.9 Å². The van der Waals surface area contributed by atoms with E-state index in [1.165, 1.54) is 0 Å². The summed E-state index contributed by atoms with van der Waals surface area (Å²) in [4.78, 5) is 25.8. The van der Waals surface area contributed by atoms with Crippen LogP contribution in [0.25, 0.3) is 0 Å². The van der Waals surface area contributed by atoms with Crippen LogP contribution in [-0.4, -0.2) is 26.3 Å². The molecule has 2 aromatic rings. The molecule has 110 valence electrons. The summed E-state index contributed by atoms with van der Waals surface area (Å²) in [5.74, 6) is -0.154. The molecule has 0 saturated heterocycles. The summed E-state index contributed by atoms with van der Waals surface area (Å²) in [7, 11) is 0. The van der Waals surface area contributed by atoms with Gasteiger partial charge >= 0.3 is 0 Å². The van der Waals surface area contributed by atoms with Crippen LogP contribution in [0.5, 0.6) is 0 Å². The second kappa shape index (κ2) is 6.53. The van der Waals surface area contributed by atoms with Gasteiger partial charge < -0.3 is 5.32 Å². The minimum absolute atomic E-state index is 0.154. The van der Waals surface area contributed by atoms with Gasteiger partial charge in [0.25, 0.3) is 5.56 Å². The highest BCUT2D eigenvalue weighted by atomic mass is 32.2. The standard InChI is InChI=1S/C14H16N4O2S/c1-8-4-5-11(9(2)6-8)16-13(20)10(3)21-14-17-12(19)7-15-18-14/h4-7,10H,1-3H3,(H,16,20)(H,17,18,19)/t10-/m1/s1. The lowest BCUT2D eigenvalue weighted by atomic mass is 10.1. The second-order valence-corrected chi connectivity index (χ2v) is 6.04. The number of hydrogen-bond acceptors (Lipinski definition) is 5. The Kier molecular flexibility index (Phi) is 4.74. The van der Waals surface area contributed by atoms with Gasteiger partial charge in [0.1, 0.15) is 6.20 Å². The van der Waals surface area contributed by atoms with Crippen LogP contribution < -0.4 is 10.9 Å². The van der Waals surface area contributed by atoms with E-state index in [1.807, 2.05) is 32.0 Å². The third-order valence-electron chi connectivity index (χ3n) is 2.85. The lowest BCUT2D eigenvalue weighted by molar-refractivity contribution is -0.115. The number of nitrogens with zero attached hydrogens (tertiary/aromatic N) is 2. The number of aryl methyl sites for hydroxylation is 2. The first-order chi connectivity index (χ1) is 9.95. The van der Waals surface area contributed by atoms with E-state index in [-0.39, 0.29) is 11.5 Å². The molecule has 1 aromatic heterocycles. The summed E-state index contributed by atoms with van der Waals surface area (Å²) in [6.07, 6.45) is 1.09. The van der Waals surface area contributed by atoms with Crippen molar-refractivity contribution in [3.8, 4) is 0 Å². The van der Waals surface area contributed by atoms with E-state index >= 15 is 0 Å². The number of nitrogens with one attached hydrogen (secondary N) is 2. The number of carbonyl (C=O) groups excluding carboxylic acids is 1. The van der Waals surface area contributed by atoms with E-state index in [4.69, 9.17) is 0 Å². The van der Waals surface area contributed by atoms with Gasteiger partial charge in [0.15, 0.2) is 5.16 Å². The molecule has 0 bridgehead atoms. The molecule has 6 nitrogen and oxygen atoms in total. The molecule has 1 aromatic carbocycles. The maximum atomic E-state index is 12.2. The normalized spacial score (nSPS) is 12.0.